The standard InChI is InChI=1S/C15H16N4O4/c20-11-5-8-17(9-6-11)15(21)12-7-10-18(16-12)13-3-1-2-4-14(13)19(22)23/h1-4,7,10-11,20H,5-6,8-9H2. The number of amides is 1. The third-order valence-electron chi connectivity index (χ3n) is 3.89. The number of nitro groups is 1. The predicted molar refractivity (Wildman–Crippen MR) is 81.4 cm³/mol. The van der Waals surface area contributed by atoms with E-state index in [0.717, 1.165) is 0 Å². The lowest BCUT2D eigenvalue weighted by Crippen LogP contribution is -2.40. The monoisotopic (exact) mass is 316 g/mol. The topological polar surface area (TPSA) is 102 Å². The number of rotatable bonds is 3. The Hall–Kier alpha value is -2.74. The van der Waals surface area contributed by atoms with Crippen LogP contribution in [-0.4, -0.2) is 49.8 Å². The Bertz CT molecular complexity index is 735. The number of benzene rings is 1. The molecular weight excluding hydrogens is 300 g/mol. The minimum absolute atomic E-state index is 0.0734. The van der Waals surface area contributed by atoms with Gasteiger partial charge in [-0.1, -0.05) is 12.1 Å². The SMILES string of the molecule is O=C(c1ccn(-c2ccccc2[N+](=O)[O-])n1)N1CCC(O)CC1. The van der Waals surface area contributed by atoms with Gasteiger partial charge < -0.3 is 10.0 Å². The van der Waals surface area contributed by atoms with Crippen molar-refractivity contribution in [3.8, 4) is 5.69 Å². The molecule has 0 spiro atoms. The molecule has 0 unspecified atom stereocenters. The van der Waals surface area contributed by atoms with Gasteiger partial charge in [-0.2, -0.15) is 5.10 Å². The summed E-state index contributed by atoms with van der Waals surface area (Å²) >= 11 is 0. The number of para-hydroxylation sites is 2. The minimum atomic E-state index is -0.482. The van der Waals surface area contributed by atoms with Gasteiger partial charge in [-0.3, -0.25) is 14.9 Å². The fourth-order valence-electron chi connectivity index (χ4n) is 2.62. The lowest BCUT2D eigenvalue weighted by atomic mass is 10.1. The van der Waals surface area contributed by atoms with Crippen molar-refractivity contribution < 1.29 is 14.8 Å². The zero-order chi connectivity index (χ0) is 16.4. The van der Waals surface area contributed by atoms with Crippen LogP contribution in [0.25, 0.3) is 5.69 Å². The first-order chi connectivity index (χ1) is 11.1. The number of aliphatic hydroxyl groups is 1. The lowest BCUT2D eigenvalue weighted by molar-refractivity contribution is -0.384. The average molecular weight is 316 g/mol. The van der Waals surface area contributed by atoms with Gasteiger partial charge in [0.25, 0.3) is 11.6 Å². The third-order valence-corrected chi connectivity index (χ3v) is 3.89. The highest BCUT2D eigenvalue weighted by atomic mass is 16.6. The Balaban J connectivity index is 1.84. The van der Waals surface area contributed by atoms with E-state index in [1.54, 1.807) is 29.2 Å². The van der Waals surface area contributed by atoms with Gasteiger partial charge in [0.15, 0.2) is 5.69 Å². The van der Waals surface area contributed by atoms with Crippen molar-refractivity contribution in [1.29, 1.82) is 0 Å². The molecule has 1 fully saturated rings. The van der Waals surface area contributed by atoms with Crippen LogP contribution in [0.2, 0.25) is 0 Å². The first-order valence-electron chi connectivity index (χ1n) is 7.33. The molecule has 0 atom stereocenters. The maximum absolute atomic E-state index is 12.4. The van der Waals surface area contributed by atoms with Gasteiger partial charge in [-0.25, -0.2) is 4.68 Å². The molecule has 8 heteroatoms. The Labute approximate surface area is 132 Å². The Morgan fingerprint density at radius 2 is 1.96 bits per heavy atom. The maximum Gasteiger partial charge on any atom is 0.294 e. The molecule has 1 N–H and O–H groups in total. The van der Waals surface area contributed by atoms with E-state index in [1.807, 2.05) is 0 Å². The molecule has 0 aliphatic carbocycles. The van der Waals surface area contributed by atoms with Crippen molar-refractivity contribution in [2.24, 2.45) is 0 Å². The number of aliphatic hydroxyl groups excluding tert-OH is 1. The average Bonchev–Trinajstić information content (AvgIpc) is 3.04. The molecular formula is C15H16N4O4. The summed E-state index contributed by atoms with van der Waals surface area (Å²) in [4.78, 5) is 24.6. The number of piperidine rings is 1. The van der Waals surface area contributed by atoms with Gasteiger partial charge in [0.1, 0.15) is 5.69 Å². The molecule has 1 aliphatic heterocycles. The van der Waals surface area contributed by atoms with Gasteiger partial charge in [-0.05, 0) is 25.0 Å². The van der Waals surface area contributed by atoms with Crippen molar-refractivity contribution in [1.82, 2.24) is 14.7 Å². The number of nitrogens with zero attached hydrogens (tertiary/aromatic N) is 4. The molecule has 1 amide bonds. The summed E-state index contributed by atoms with van der Waals surface area (Å²) in [6, 6.07) is 7.78. The van der Waals surface area contributed by atoms with E-state index in [4.69, 9.17) is 0 Å². The van der Waals surface area contributed by atoms with E-state index in [2.05, 4.69) is 5.10 Å². The van der Waals surface area contributed by atoms with Gasteiger partial charge in [-0.15, -0.1) is 0 Å². The molecule has 1 aliphatic rings. The van der Waals surface area contributed by atoms with Crippen LogP contribution >= 0.6 is 0 Å². The molecule has 2 heterocycles. The zero-order valence-electron chi connectivity index (χ0n) is 12.3. The van der Waals surface area contributed by atoms with E-state index in [1.165, 1.54) is 16.9 Å². The minimum Gasteiger partial charge on any atom is -0.393 e. The third kappa shape index (κ3) is 3.07. The van der Waals surface area contributed by atoms with Crippen LogP contribution in [0.3, 0.4) is 0 Å². The molecule has 1 aromatic heterocycles. The second-order valence-electron chi connectivity index (χ2n) is 5.41. The highest BCUT2D eigenvalue weighted by Gasteiger charge is 2.24. The lowest BCUT2D eigenvalue weighted by Gasteiger charge is -2.28. The largest absolute Gasteiger partial charge is 0.393 e. The van der Waals surface area contributed by atoms with Crippen molar-refractivity contribution in [2.45, 2.75) is 18.9 Å². The smallest absolute Gasteiger partial charge is 0.294 e. The summed E-state index contributed by atoms with van der Waals surface area (Å²) in [5, 5.41) is 24.7. The molecule has 23 heavy (non-hydrogen) atoms. The molecule has 120 valence electrons. The van der Waals surface area contributed by atoms with Gasteiger partial charge in [0.05, 0.1) is 11.0 Å². The summed E-state index contributed by atoms with van der Waals surface area (Å²) in [6.45, 7) is 0.969. The van der Waals surface area contributed by atoms with Crippen molar-refractivity contribution in [2.75, 3.05) is 13.1 Å². The molecule has 0 bridgehead atoms. The van der Waals surface area contributed by atoms with Crippen LogP contribution in [0.1, 0.15) is 23.3 Å². The normalized spacial score (nSPS) is 15.6. The number of nitro benzene ring substituents is 1. The predicted octanol–water partition coefficient (Wildman–Crippen LogP) is 1.38. The van der Waals surface area contributed by atoms with Crippen molar-refractivity contribution in [3.05, 3.63) is 52.3 Å². The van der Waals surface area contributed by atoms with Gasteiger partial charge in [0.2, 0.25) is 0 Å². The summed E-state index contributed by atoms with van der Waals surface area (Å²) in [7, 11) is 0. The highest BCUT2D eigenvalue weighted by Crippen LogP contribution is 2.22. The van der Waals surface area contributed by atoms with Crippen LogP contribution in [0.15, 0.2) is 36.5 Å². The fourth-order valence-corrected chi connectivity index (χ4v) is 2.62. The fraction of sp³-hybridized carbons (Fsp3) is 0.333. The molecule has 8 nitrogen and oxygen atoms in total. The number of hydrogen-bond acceptors (Lipinski definition) is 5. The van der Waals surface area contributed by atoms with E-state index < -0.39 is 4.92 Å². The van der Waals surface area contributed by atoms with E-state index in [-0.39, 0.29) is 23.4 Å². The number of aromatic nitrogens is 2. The second kappa shape index (κ2) is 6.17. The maximum atomic E-state index is 12.4. The number of carbonyl (C=O) groups is 1. The summed E-state index contributed by atoms with van der Waals surface area (Å²) in [5.74, 6) is -0.228. The quantitative estimate of drug-likeness (QED) is 0.681. The zero-order valence-corrected chi connectivity index (χ0v) is 12.3. The summed E-state index contributed by atoms with van der Waals surface area (Å²) in [5.41, 5.74) is 0.473. The van der Waals surface area contributed by atoms with Crippen LogP contribution in [0, 0.1) is 10.1 Å². The number of likely N-dealkylation sites (tertiary alicyclic amines) is 1. The van der Waals surface area contributed by atoms with E-state index >= 15 is 0 Å². The van der Waals surface area contributed by atoms with Crippen LogP contribution in [0.5, 0.6) is 0 Å². The Kier molecular flexibility index (Phi) is 4.07. The van der Waals surface area contributed by atoms with Crippen molar-refractivity contribution in [3.63, 3.8) is 0 Å². The summed E-state index contributed by atoms with van der Waals surface area (Å²) < 4.78 is 1.34. The number of hydrogen-bond donors (Lipinski definition) is 1. The van der Waals surface area contributed by atoms with Crippen LogP contribution in [-0.2, 0) is 0 Å². The molecule has 0 saturated carbocycles. The van der Waals surface area contributed by atoms with Gasteiger partial charge >= 0.3 is 0 Å². The molecule has 1 aromatic carbocycles. The molecule has 2 aromatic rings. The second-order valence-corrected chi connectivity index (χ2v) is 5.41. The summed E-state index contributed by atoms with van der Waals surface area (Å²) in [6.07, 6.45) is 2.28. The molecule has 3 rings (SSSR count). The van der Waals surface area contributed by atoms with E-state index in [9.17, 15) is 20.0 Å². The highest BCUT2D eigenvalue weighted by molar-refractivity contribution is 5.92. The Morgan fingerprint density at radius 3 is 2.65 bits per heavy atom. The van der Waals surface area contributed by atoms with Crippen LogP contribution < -0.4 is 0 Å². The van der Waals surface area contributed by atoms with Gasteiger partial charge in [0, 0.05) is 25.4 Å². The first-order valence-corrected chi connectivity index (χ1v) is 7.33. The number of carbonyl (C=O) groups excluding carboxylic acids is 1. The van der Waals surface area contributed by atoms with Crippen LogP contribution in [0.4, 0.5) is 5.69 Å². The Morgan fingerprint density at radius 1 is 1.26 bits per heavy atom. The van der Waals surface area contributed by atoms with Crippen molar-refractivity contribution >= 4 is 11.6 Å². The molecule has 0 radical (unpaired) electrons. The van der Waals surface area contributed by atoms with E-state index in [0.29, 0.717) is 31.6 Å². The molecule has 1 saturated heterocycles. The first kappa shape index (κ1) is 15.2.